The topological polar surface area (TPSA) is 69.4 Å². The largest absolute Gasteiger partial charge is 0.256 e. The third-order valence-electron chi connectivity index (χ3n) is 3.63. The van der Waals surface area contributed by atoms with Crippen LogP contribution in [0, 0.1) is 12.7 Å². The summed E-state index contributed by atoms with van der Waals surface area (Å²) in [6.45, 7) is 1.96. The number of nitrogens with zero attached hydrogens (tertiary/aromatic N) is 6. The first-order valence-electron chi connectivity index (χ1n) is 7.64. The monoisotopic (exact) mass is 332 g/mol. The van der Waals surface area contributed by atoms with Gasteiger partial charge in [-0.1, -0.05) is 6.07 Å². The van der Waals surface area contributed by atoms with Crippen LogP contribution < -0.4 is 0 Å². The number of pyridine rings is 2. The smallest absolute Gasteiger partial charge is 0.223 e. The molecule has 0 atom stereocenters. The molecule has 4 rings (SSSR count). The van der Waals surface area contributed by atoms with E-state index in [1.54, 1.807) is 24.5 Å². The van der Waals surface area contributed by atoms with Gasteiger partial charge in [-0.15, -0.1) is 15.0 Å². The maximum atomic E-state index is 14.1. The van der Waals surface area contributed by atoms with E-state index in [-0.39, 0.29) is 0 Å². The predicted molar refractivity (Wildman–Crippen MR) is 90.3 cm³/mol. The van der Waals surface area contributed by atoms with Crippen molar-refractivity contribution in [3.05, 3.63) is 72.3 Å². The van der Waals surface area contributed by atoms with E-state index in [1.807, 2.05) is 31.2 Å². The summed E-state index contributed by atoms with van der Waals surface area (Å²) >= 11 is 0. The maximum absolute atomic E-state index is 14.1. The van der Waals surface area contributed by atoms with Crippen molar-refractivity contribution in [1.29, 1.82) is 0 Å². The molecular weight excluding hydrogens is 319 g/mol. The van der Waals surface area contributed by atoms with E-state index in [0.29, 0.717) is 28.5 Å². The molecule has 0 unspecified atom stereocenters. The number of tetrazole rings is 1. The highest BCUT2D eigenvalue weighted by atomic mass is 19.1. The first-order valence-corrected chi connectivity index (χ1v) is 7.64. The molecule has 0 radical (unpaired) electrons. The summed E-state index contributed by atoms with van der Waals surface area (Å²) in [7, 11) is 0. The normalized spacial score (nSPS) is 10.8. The first-order chi connectivity index (χ1) is 12.2. The molecule has 0 N–H and O–H groups in total. The van der Waals surface area contributed by atoms with E-state index in [9.17, 15) is 4.39 Å². The van der Waals surface area contributed by atoms with Crippen LogP contribution in [-0.4, -0.2) is 30.2 Å². The second kappa shape index (κ2) is 6.20. The van der Waals surface area contributed by atoms with Crippen LogP contribution in [0.25, 0.3) is 28.5 Å². The number of rotatable bonds is 3. The van der Waals surface area contributed by atoms with Gasteiger partial charge in [-0.25, -0.2) is 4.39 Å². The Bertz CT molecular complexity index is 1030. The zero-order valence-corrected chi connectivity index (χ0v) is 13.3. The maximum Gasteiger partial charge on any atom is 0.223 e. The summed E-state index contributed by atoms with van der Waals surface area (Å²) in [4.78, 5) is 9.77. The van der Waals surface area contributed by atoms with Crippen LogP contribution in [0.4, 0.5) is 4.39 Å². The molecule has 0 saturated heterocycles. The van der Waals surface area contributed by atoms with Crippen molar-refractivity contribution in [1.82, 2.24) is 30.2 Å². The van der Waals surface area contributed by atoms with Crippen LogP contribution in [0.15, 0.2) is 60.9 Å². The summed E-state index contributed by atoms with van der Waals surface area (Å²) in [5.74, 6) is -0.0208. The lowest BCUT2D eigenvalue weighted by molar-refractivity contribution is 0.621. The highest BCUT2D eigenvalue weighted by Gasteiger charge is 2.11. The molecule has 6 nitrogen and oxygen atoms in total. The van der Waals surface area contributed by atoms with Gasteiger partial charge in [-0.2, -0.15) is 0 Å². The number of hydrogen-bond donors (Lipinski definition) is 0. The standard InChI is InChI=1S/C18H13FN6/c1-12-5-7-21-17(8-12)13-9-14(19)11-15(10-13)25-23-18(22-24-25)16-4-2-3-6-20-16/h2-11H,1H3. The van der Waals surface area contributed by atoms with Gasteiger partial charge in [0.05, 0.1) is 11.4 Å². The van der Waals surface area contributed by atoms with Crippen molar-refractivity contribution in [2.24, 2.45) is 0 Å². The summed E-state index contributed by atoms with van der Waals surface area (Å²) in [6.07, 6.45) is 3.35. The molecule has 0 aliphatic rings. The van der Waals surface area contributed by atoms with E-state index in [4.69, 9.17) is 0 Å². The molecule has 0 saturated carbocycles. The van der Waals surface area contributed by atoms with Gasteiger partial charge in [0.2, 0.25) is 5.82 Å². The van der Waals surface area contributed by atoms with Crippen LogP contribution in [0.1, 0.15) is 5.56 Å². The molecule has 0 aliphatic carbocycles. The van der Waals surface area contributed by atoms with Gasteiger partial charge in [0.15, 0.2) is 0 Å². The zero-order valence-electron chi connectivity index (χ0n) is 13.3. The summed E-state index contributed by atoms with van der Waals surface area (Å²) in [5, 5.41) is 12.3. The molecule has 0 bridgehead atoms. The van der Waals surface area contributed by atoms with Gasteiger partial charge in [-0.05, 0) is 54.1 Å². The van der Waals surface area contributed by atoms with Gasteiger partial charge in [0, 0.05) is 24.0 Å². The number of aryl methyl sites for hydroxylation is 1. The molecule has 3 aromatic heterocycles. The Morgan fingerprint density at radius 1 is 0.920 bits per heavy atom. The third kappa shape index (κ3) is 3.12. The van der Waals surface area contributed by atoms with E-state index >= 15 is 0 Å². The van der Waals surface area contributed by atoms with Crippen LogP contribution in [0.3, 0.4) is 0 Å². The van der Waals surface area contributed by atoms with Gasteiger partial charge < -0.3 is 0 Å². The fourth-order valence-corrected chi connectivity index (χ4v) is 2.45. The SMILES string of the molecule is Cc1ccnc(-c2cc(F)cc(-n3nnc(-c4ccccn4)n3)c2)c1. The molecule has 7 heteroatoms. The average Bonchev–Trinajstić information content (AvgIpc) is 3.12. The highest BCUT2D eigenvalue weighted by molar-refractivity contribution is 5.63. The molecule has 122 valence electrons. The van der Waals surface area contributed by atoms with Crippen LogP contribution in [0.2, 0.25) is 0 Å². The molecule has 1 aromatic carbocycles. The quantitative estimate of drug-likeness (QED) is 0.576. The Kier molecular flexibility index (Phi) is 3.74. The molecular formula is C18H13FN6. The summed E-state index contributed by atoms with van der Waals surface area (Å²) in [5.41, 5.74) is 3.45. The van der Waals surface area contributed by atoms with Crippen molar-refractivity contribution in [3.8, 4) is 28.5 Å². The number of halogens is 1. The second-order valence-electron chi connectivity index (χ2n) is 5.53. The minimum atomic E-state index is -0.396. The van der Waals surface area contributed by atoms with Crippen LogP contribution in [0.5, 0.6) is 0 Å². The molecule has 0 spiro atoms. The van der Waals surface area contributed by atoms with Crippen molar-refractivity contribution >= 4 is 0 Å². The van der Waals surface area contributed by atoms with Gasteiger partial charge in [0.25, 0.3) is 0 Å². The van der Waals surface area contributed by atoms with Crippen molar-refractivity contribution < 1.29 is 4.39 Å². The number of hydrogen-bond acceptors (Lipinski definition) is 5. The minimum absolute atomic E-state index is 0.375. The molecule has 0 amide bonds. The van der Waals surface area contributed by atoms with E-state index < -0.39 is 5.82 Å². The Morgan fingerprint density at radius 2 is 1.80 bits per heavy atom. The first kappa shape index (κ1) is 15.1. The fraction of sp³-hybridized carbons (Fsp3) is 0.0556. The van der Waals surface area contributed by atoms with Crippen molar-refractivity contribution in [2.75, 3.05) is 0 Å². The predicted octanol–water partition coefficient (Wildman–Crippen LogP) is 3.23. The Hall–Kier alpha value is -3.48. The zero-order chi connectivity index (χ0) is 17.2. The van der Waals surface area contributed by atoms with Crippen LogP contribution in [-0.2, 0) is 0 Å². The van der Waals surface area contributed by atoms with E-state index in [1.165, 1.54) is 16.9 Å². The number of aromatic nitrogens is 6. The lowest BCUT2D eigenvalue weighted by Gasteiger charge is -2.05. The van der Waals surface area contributed by atoms with Crippen LogP contribution >= 0.6 is 0 Å². The van der Waals surface area contributed by atoms with Gasteiger partial charge in [0.1, 0.15) is 11.5 Å². The van der Waals surface area contributed by atoms with E-state index in [0.717, 1.165) is 5.56 Å². The lowest BCUT2D eigenvalue weighted by atomic mass is 10.1. The minimum Gasteiger partial charge on any atom is -0.256 e. The molecule has 4 aromatic rings. The third-order valence-corrected chi connectivity index (χ3v) is 3.63. The van der Waals surface area contributed by atoms with E-state index in [2.05, 4.69) is 25.4 Å². The molecule has 0 fully saturated rings. The van der Waals surface area contributed by atoms with Crippen molar-refractivity contribution in [2.45, 2.75) is 6.92 Å². The lowest BCUT2D eigenvalue weighted by Crippen LogP contribution is -2.01. The summed E-state index contributed by atoms with van der Waals surface area (Å²) in [6, 6.07) is 13.8. The fourth-order valence-electron chi connectivity index (χ4n) is 2.45. The number of benzene rings is 1. The molecule has 25 heavy (non-hydrogen) atoms. The molecule has 3 heterocycles. The Labute approximate surface area is 143 Å². The van der Waals surface area contributed by atoms with Gasteiger partial charge >= 0.3 is 0 Å². The van der Waals surface area contributed by atoms with Crippen molar-refractivity contribution in [3.63, 3.8) is 0 Å². The average molecular weight is 332 g/mol. The second-order valence-corrected chi connectivity index (χ2v) is 5.53. The summed E-state index contributed by atoms with van der Waals surface area (Å²) < 4.78 is 14.1. The Balaban J connectivity index is 1.75. The Morgan fingerprint density at radius 3 is 2.60 bits per heavy atom. The van der Waals surface area contributed by atoms with Gasteiger partial charge in [-0.3, -0.25) is 9.97 Å². The molecule has 0 aliphatic heterocycles. The highest BCUT2D eigenvalue weighted by Crippen LogP contribution is 2.22.